The minimum atomic E-state index is -0.179. The average molecular weight is 239 g/mol. The molecule has 1 aromatic heterocycles. The molecule has 17 heavy (non-hydrogen) atoms. The molecule has 0 fully saturated rings. The molecular formula is C11H21N5O. The Morgan fingerprint density at radius 2 is 1.94 bits per heavy atom. The van der Waals surface area contributed by atoms with E-state index in [-0.39, 0.29) is 18.1 Å². The van der Waals surface area contributed by atoms with Crippen molar-refractivity contribution in [2.45, 2.75) is 39.8 Å². The van der Waals surface area contributed by atoms with Gasteiger partial charge in [0.05, 0.1) is 6.04 Å². The Labute approximate surface area is 102 Å². The van der Waals surface area contributed by atoms with Crippen molar-refractivity contribution in [3.05, 3.63) is 12.2 Å². The summed E-state index contributed by atoms with van der Waals surface area (Å²) in [4.78, 5) is 11.7. The number of urea groups is 1. The summed E-state index contributed by atoms with van der Waals surface area (Å²) in [5.74, 6) is 1.14. The van der Waals surface area contributed by atoms with Crippen LogP contribution in [0.1, 0.15) is 39.6 Å². The first kappa shape index (κ1) is 13.5. The molecular weight excluding hydrogens is 218 g/mol. The molecule has 1 rings (SSSR count). The van der Waals surface area contributed by atoms with Crippen LogP contribution in [0, 0.1) is 5.92 Å². The smallest absolute Gasteiger partial charge is 0.315 e. The van der Waals surface area contributed by atoms with Crippen molar-refractivity contribution in [1.82, 2.24) is 25.4 Å². The number of carbonyl (C=O) groups excluding carboxylic acids is 1. The Morgan fingerprint density at radius 3 is 2.41 bits per heavy atom. The van der Waals surface area contributed by atoms with Crippen LogP contribution in [0.5, 0.6) is 0 Å². The number of hydrogen-bond donors (Lipinski definition) is 2. The summed E-state index contributed by atoms with van der Waals surface area (Å²) < 4.78 is 1.79. The van der Waals surface area contributed by atoms with Gasteiger partial charge in [-0.05, 0) is 19.8 Å². The summed E-state index contributed by atoms with van der Waals surface area (Å²) in [6.45, 7) is 8.00. The van der Waals surface area contributed by atoms with Crippen LogP contribution in [0.4, 0.5) is 4.79 Å². The highest BCUT2D eigenvalue weighted by Crippen LogP contribution is 2.07. The van der Waals surface area contributed by atoms with E-state index in [2.05, 4.69) is 34.7 Å². The van der Waals surface area contributed by atoms with Gasteiger partial charge in [-0.1, -0.05) is 13.8 Å². The molecule has 0 bridgehead atoms. The highest BCUT2D eigenvalue weighted by molar-refractivity contribution is 5.74. The van der Waals surface area contributed by atoms with Gasteiger partial charge < -0.3 is 15.2 Å². The zero-order valence-electron chi connectivity index (χ0n) is 11.1. The van der Waals surface area contributed by atoms with Crippen molar-refractivity contribution in [3.63, 3.8) is 0 Å². The van der Waals surface area contributed by atoms with Gasteiger partial charge in [0.2, 0.25) is 0 Å². The SMILES string of the molecule is CC(C)[C@@H](C)NC(=O)N[C@H](C)c1nncn1C. The third-order valence-corrected chi connectivity index (χ3v) is 2.84. The summed E-state index contributed by atoms with van der Waals surface area (Å²) in [6, 6.07) is -0.203. The molecule has 0 spiro atoms. The molecule has 0 aliphatic carbocycles. The summed E-state index contributed by atoms with van der Waals surface area (Å²) >= 11 is 0. The number of aryl methyl sites for hydroxylation is 1. The lowest BCUT2D eigenvalue weighted by atomic mass is 10.1. The van der Waals surface area contributed by atoms with Crippen molar-refractivity contribution in [1.29, 1.82) is 0 Å². The molecule has 0 saturated heterocycles. The first-order chi connectivity index (χ1) is 7.91. The second kappa shape index (κ2) is 5.65. The second-order valence-electron chi connectivity index (χ2n) is 4.67. The number of rotatable bonds is 4. The number of aromatic nitrogens is 3. The van der Waals surface area contributed by atoms with Gasteiger partial charge in [0.15, 0.2) is 5.82 Å². The number of amides is 2. The lowest BCUT2D eigenvalue weighted by Crippen LogP contribution is -2.44. The average Bonchev–Trinajstić information content (AvgIpc) is 2.63. The fourth-order valence-electron chi connectivity index (χ4n) is 1.36. The summed E-state index contributed by atoms with van der Waals surface area (Å²) in [7, 11) is 1.85. The van der Waals surface area contributed by atoms with Gasteiger partial charge in [0.25, 0.3) is 0 Å². The van der Waals surface area contributed by atoms with Crippen LogP contribution in [-0.4, -0.2) is 26.8 Å². The maximum Gasteiger partial charge on any atom is 0.315 e. The first-order valence-electron chi connectivity index (χ1n) is 5.82. The van der Waals surface area contributed by atoms with Crippen molar-refractivity contribution < 1.29 is 4.79 Å². The minimum absolute atomic E-state index is 0.140. The van der Waals surface area contributed by atoms with Gasteiger partial charge in [0, 0.05) is 13.1 Å². The van der Waals surface area contributed by atoms with Gasteiger partial charge in [-0.15, -0.1) is 10.2 Å². The topological polar surface area (TPSA) is 71.8 Å². The van der Waals surface area contributed by atoms with E-state index in [0.29, 0.717) is 5.92 Å². The molecule has 2 amide bonds. The molecule has 2 atom stereocenters. The molecule has 0 saturated carbocycles. The number of carbonyl (C=O) groups is 1. The standard InChI is InChI=1S/C11H21N5O/c1-7(2)8(3)13-11(17)14-9(4)10-15-12-6-16(10)5/h6-9H,1-5H3,(H2,13,14,17)/t8-,9-/m1/s1. The molecule has 0 unspecified atom stereocenters. The van der Waals surface area contributed by atoms with E-state index in [1.54, 1.807) is 10.9 Å². The Morgan fingerprint density at radius 1 is 1.29 bits per heavy atom. The number of hydrogen-bond acceptors (Lipinski definition) is 3. The number of nitrogens with one attached hydrogen (secondary N) is 2. The first-order valence-corrected chi connectivity index (χ1v) is 5.82. The van der Waals surface area contributed by atoms with Crippen LogP contribution >= 0.6 is 0 Å². The molecule has 0 radical (unpaired) electrons. The lowest BCUT2D eigenvalue weighted by molar-refractivity contribution is 0.230. The predicted octanol–water partition coefficient (Wildman–Crippen LogP) is 1.22. The molecule has 2 N–H and O–H groups in total. The monoisotopic (exact) mass is 239 g/mol. The highest BCUT2D eigenvalue weighted by Gasteiger charge is 2.16. The lowest BCUT2D eigenvalue weighted by Gasteiger charge is -2.20. The fraction of sp³-hybridized carbons (Fsp3) is 0.727. The van der Waals surface area contributed by atoms with Gasteiger partial charge in [-0.3, -0.25) is 0 Å². The molecule has 6 heteroatoms. The molecule has 1 heterocycles. The zero-order valence-corrected chi connectivity index (χ0v) is 11.1. The largest absolute Gasteiger partial charge is 0.335 e. The van der Waals surface area contributed by atoms with Crippen LogP contribution in [-0.2, 0) is 7.05 Å². The van der Waals surface area contributed by atoms with Crippen LogP contribution in [0.2, 0.25) is 0 Å². The third-order valence-electron chi connectivity index (χ3n) is 2.84. The quantitative estimate of drug-likeness (QED) is 0.829. The van der Waals surface area contributed by atoms with Crippen molar-refractivity contribution in [3.8, 4) is 0 Å². The molecule has 0 aliphatic rings. The molecule has 1 aromatic rings. The predicted molar refractivity (Wildman–Crippen MR) is 65.4 cm³/mol. The minimum Gasteiger partial charge on any atom is -0.335 e. The third kappa shape index (κ3) is 3.72. The molecule has 0 aromatic carbocycles. The highest BCUT2D eigenvalue weighted by atomic mass is 16.2. The van der Waals surface area contributed by atoms with Gasteiger partial charge in [0.1, 0.15) is 6.33 Å². The van der Waals surface area contributed by atoms with Gasteiger partial charge in [-0.25, -0.2) is 4.79 Å². The maximum atomic E-state index is 11.7. The van der Waals surface area contributed by atoms with Gasteiger partial charge in [-0.2, -0.15) is 0 Å². The Bertz CT molecular complexity index is 374. The Hall–Kier alpha value is -1.59. The van der Waals surface area contributed by atoms with Crippen LogP contribution in [0.3, 0.4) is 0 Å². The van der Waals surface area contributed by atoms with E-state index < -0.39 is 0 Å². The second-order valence-corrected chi connectivity index (χ2v) is 4.67. The molecule has 6 nitrogen and oxygen atoms in total. The van der Waals surface area contributed by atoms with Crippen molar-refractivity contribution in [2.24, 2.45) is 13.0 Å². The van der Waals surface area contributed by atoms with E-state index in [4.69, 9.17) is 0 Å². The summed E-state index contributed by atoms with van der Waals surface area (Å²) in [5, 5.41) is 13.5. The zero-order chi connectivity index (χ0) is 13.0. The Balaban J connectivity index is 2.49. The van der Waals surface area contributed by atoms with E-state index in [9.17, 15) is 4.79 Å². The summed E-state index contributed by atoms with van der Waals surface area (Å²) in [5.41, 5.74) is 0. The van der Waals surface area contributed by atoms with E-state index in [0.717, 1.165) is 5.82 Å². The Kier molecular flexibility index (Phi) is 4.48. The van der Waals surface area contributed by atoms with Crippen LogP contribution in [0.15, 0.2) is 6.33 Å². The maximum absolute atomic E-state index is 11.7. The van der Waals surface area contributed by atoms with Crippen LogP contribution < -0.4 is 10.6 Å². The number of nitrogens with zero attached hydrogens (tertiary/aromatic N) is 3. The molecule has 96 valence electrons. The summed E-state index contributed by atoms with van der Waals surface area (Å²) in [6.07, 6.45) is 1.61. The van der Waals surface area contributed by atoms with Crippen LogP contribution in [0.25, 0.3) is 0 Å². The normalized spacial score (nSPS) is 14.5. The van der Waals surface area contributed by atoms with E-state index >= 15 is 0 Å². The van der Waals surface area contributed by atoms with Crippen molar-refractivity contribution >= 4 is 6.03 Å². The van der Waals surface area contributed by atoms with Gasteiger partial charge >= 0.3 is 6.03 Å². The van der Waals surface area contributed by atoms with E-state index in [1.165, 1.54) is 0 Å². The molecule has 0 aliphatic heterocycles. The van der Waals surface area contributed by atoms with E-state index in [1.807, 2.05) is 20.9 Å². The van der Waals surface area contributed by atoms with Crippen molar-refractivity contribution in [2.75, 3.05) is 0 Å². The fourth-order valence-corrected chi connectivity index (χ4v) is 1.36.